The monoisotopic (exact) mass is 352 g/mol. The summed E-state index contributed by atoms with van der Waals surface area (Å²) in [7, 11) is 0. The largest absolute Gasteiger partial charge is 0.346 e. The maximum absolute atomic E-state index is 12.7. The number of nitrogens with one attached hydrogen (secondary N) is 2. The quantitative estimate of drug-likeness (QED) is 0.750. The Labute approximate surface area is 156 Å². The fourth-order valence-electron chi connectivity index (χ4n) is 3.06. The first-order valence-corrected chi connectivity index (χ1v) is 9.27. The third kappa shape index (κ3) is 5.19. The van der Waals surface area contributed by atoms with Crippen LogP contribution in [0.25, 0.3) is 0 Å². The molecule has 0 saturated carbocycles. The van der Waals surface area contributed by atoms with Crippen LogP contribution in [0.15, 0.2) is 54.6 Å². The van der Waals surface area contributed by atoms with Crippen molar-refractivity contribution in [1.29, 1.82) is 0 Å². The highest BCUT2D eigenvalue weighted by Crippen LogP contribution is 2.27. The van der Waals surface area contributed by atoms with Crippen LogP contribution >= 0.6 is 0 Å². The molecule has 0 aliphatic rings. The summed E-state index contributed by atoms with van der Waals surface area (Å²) in [6, 6.07) is 17.5. The number of carbonyl (C=O) groups excluding carboxylic acids is 2. The lowest BCUT2D eigenvalue weighted by Gasteiger charge is -2.22. The Balaban J connectivity index is 2.00. The van der Waals surface area contributed by atoms with Crippen molar-refractivity contribution in [3.8, 4) is 0 Å². The highest BCUT2D eigenvalue weighted by Gasteiger charge is 2.25. The molecule has 2 rings (SSSR count). The van der Waals surface area contributed by atoms with E-state index in [1.54, 1.807) is 0 Å². The zero-order chi connectivity index (χ0) is 18.9. The number of para-hydroxylation sites is 1. The molecule has 0 aliphatic carbocycles. The van der Waals surface area contributed by atoms with Gasteiger partial charge < -0.3 is 10.6 Å². The molecule has 0 aromatic heterocycles. The van der Waals surface area contributed by atoms with Crippen molar-refractivity contribution in [3.63, 3.8) is 0 Å². The summed E-state index contributed by atoms with van der Waals surface area (Å²) in [6.45, 7) is 6.15. The van der Waals surface area contributed by atoms with Gasteiger partial charge in [0.05, 0.1) is 12.5 Å². The van der Waals surface area contributed by atoms with Crippen LogP contribution in [0.5, 0.6) is 0 Å². The molecule has 2 atom stereocenters. The number of aryl methyl sites for hydroxylation is 1. The molecule has 0 saturated heterocycles. The Hall–Kier alpha value is -2.62. The van der Waals surface area contributed by atoms with E-state index in [9.17, 15) is 9.59 Å². The van der Waals surface area contributed by atoms with E-state index in [1.807, 2.05) is 61.5 Å². The number of hydrogen-bond acceptors (Lipinski definition) is 2. The van der Waals surface area contributed by atoms with Gasteiger partial charge >= 0.3 is 0 Å². The molecule has 2 unspecified atom stereocenters. The van der Waals surface area contributed by atoms with Crippen LogP contribution in [-0.4, -0.2) is 18.4 Å². The Kier molecular flexibility index (Phi) is 7.39. The van der Waals surface area contributed by atoms with Gasteiger partial charge in [-0.1, -0.05) is 75.7 Å². The Bertz CT molecular complexity index is 728. The number of carbonyl (C=O) groups is 2. The van der Waals surface area contributed by atoms with Gasteiger partial charge in [-0.2, -0.15) is 0 Å². The number of benzene rings is 2. The molecule has 0 bridgehead atoms. The molecule has 0 heterocycles. The summed E-state index contributed by atoms with van der Waals surface area (Å²) < 4.78 is 0. The van der Waals surface area contributed by atoms with Crippen molar-refractivity contribution in [2.24, 2.45) is 5.92 Å². The molecular formula is C22H28N2O2. The van der Waals surface area contributed by atoms with Gasteiger partial charge in [0.25, 0.3) is 0 Å². The predicted octanol–water partition coefficient (Wildman–Crippen LogP) is 4.13. The maximum atomic E-state index is 12.7. The second kappa shape index (κ2) is 9.76. The number of anilines is 1. The maximum Gasteiger partial charge on any atom is 0.243 e. The van der Waals surface area contributed by atoms with Gasteiger partial charge in [-0.15, -0.1) is 0 Å². The fourth-order valence-corrected chi connectivity index (χ4v) is 3.06. The van der Waals surface area contributed by atoms with E-state index in [4.69, 9.17) is 0 Å². The van der Waals surface area contributed by atoms with E-state index in [1.165, 1.54) is 0 Å². The molecule has 4 heteroatoms. The molecule has 0 fully saturated rings. The van der Waals surface area contributed by atoms with Crippen LogP contribution in [0.1, 0.15) is 44.2 Å². The van der Waals surface area contributed by atoms with Crippen LogP contribution in [0.4, 0.5) is 5.69 Å². The number of rotatable bonds is 8. The van der Waals surface area contributed by atoms with E-state index >= 15 is 0 Å². The first-order chi connectivity index (χ1) is 12.6. The molecule has 4 nitrogen and oxygen atoms in total. The molecule has 138 valence electrons. The standard InChI is InChI=1S/C22H28N2O2/c1-4-16(3)21(18-12-7-6-8-13-18)22(26)23-15-20(25)24-19-14-10-9-11-17(19)5-2/h6-14,16,21H,4-5,15H2,1-3H3,(H,23,26)(H,24,25). The van der Waals surface area contributed by atoms with Gasteiger partial charge in [0.1, 0.15) is 0 Å². The lowest BCUT2D eigenvalue weighted by Crippen LogP contribution is -2.38. The van der Waals surface area contributed by atoms with Crippen LogP contribution in [0, 0.1) is 5.92 Å². The van der Waals surface area contributed by atoms with Gasteiger partial charge in [0.2, 0.25) is 11.8 Å². The van der Waals surface area contributed by atoms with Crippen molar-refractivity contribution in [2.45, 2.75) is 39.5 Å². The average Bonchev–Trinajstić information content (AvgIpc) is 2.67. The van der Waals surface area contributed by atoms with Crippen molar-refractivity contribution >= 4 is 17.5 Å². The smallest absolute Gasteiger partial charge is 0.243 e. The molecule has 0 aliphatic heterocycles. The molecule has 0 spiro atoms. The summed E-state index contributed by atoms with van der Waals surface area (Å²) >= 11 is 0. The Morgan fingerprint density at radius 2 is 1.62 bits per heavy atom. The highest BCUT2D eigenvalue weighted by molar-refractivity contribution is 5.96. The molecule has 0 radical (unpaired) electrons. The minimum atomic E-state index is -0.253. The van der Waals surface area contributed by atoms with Crippen LogP contribution < -0.4 is 10.6 Å². The lowest BCUT2D eigenvalue weighted by atomic mass is 9.85. The van der Waals surface area contributed by atoms with E-state index in [0.29, 0.717) is 0 Å². The SMILES string of the molecule is CCc1ccccc1NC(=O)CNC(=O)C(c1ccccc1)C(C)CC. The van der Waals surface area contributed by atoms with Gasteiger partial charge in [-0.25, -0.2) is 0 Å². The minimum absolute atomic E-state index is 0.0311. The van der Waals surface area contributed by atoms with Crippen molar-refractivity contribution in [1.82, 2.24) is 5.32 Å². The Morgan fingerprint density at radius 1 is 0.962 bits per heavy atom. The van der Waals surface area contributed by atoms with E-state index < -0.39 is 0 Å². The number of hydrogen-bond donors (Lipinski definition) is 2. The van der Waals surface area contributed by atoms with E-state index in [2.05, 4.69) is 24.5 Å². The van der Waals surface area contributed by atoms with Gasteiger partial charge in [-0.3, -0.25) is 9.59 Å². The lowest BCUT2D eigenvalue weighted by molar-refractivity contribution is -0.126. The van der Waals surface area contributed by atoms with Crippen molar-refractivity contribution in [3.05, 3.63) is 65.7 Å². The van der Waals surface area contributed by atoms with Crippen LogP contribution in [0.2, 0.25) is 0 Å². The van der Waals surface area contributed by atoms with Crippen molar-refractivity contribution < 1.29 is 9.59 Å². The molecule has 2 aromatic carbocycles. The molecule has 2 amide bonds. The number of amides is 2. The minimum Gasteiger partial charge on any atom is -0.346 e. The van der Waals surface area contributed by atoms with Crippen LogP contribution in [0.3, 0.4) is 0 Å². The summed E-state index contributed by atoms with van der Waals surface area (Å²) in [5, 5.41) is 5.69. The topological polar surface area (TPSA) is 58.2 Å². The second-order valence-electron chi connectivity index (χ2n) is 6.55. The fraction of sp³-hybridized carbons (Fsp3) is 0.364. The Morgan fingerprint density at radius 3 is 2.27 bits per heavy atom. The summed E-state index contributed by atoms with van der Waals surface area (Å²) in [4.78, 5) is 25.0. The summed E-state index contributed by atoms with van der Waals surface area (Å²) in [5.41, 5.74) is 2.86. The van der Waals surface area contributed by atoms with Gasteiger partial charge in [0.15, 0.2) is 0 Å². The van der Waals surface area contributed by atoms with Crippen molar-refractivity contribution in [2.75, 3.05) is 11.9 Å². The zero-order valence-electron chi connectivity index (χ0n) is 15.8. The summed E-state index contributed by atoms with van der Waals surface area (Å²) in [5.74, 6) is -0.377. The molecule has 2 N–H and O–H groups in total. The van der Waals surface area contributed by atoms with Crippen LogP contribution in [-0.2, 0) is 16.0 Å². The normalized spacial score (nSPS) is 12.9. The average molecular weight is 352 g/mol. The first kappa shape index (κ1) is 19.7. The van der Waals surface area contributed by atoms with Gasteiger partial charge in [-0.05, 0) is 29.5 Å². The third-order valence-corrected chi connectivity index (χ3v) is 4.75. The third-order valence-electron chi connectivity index (χ3n) is 4.75. The molecular weight excluding hydrogens is 324 g/mol. The predicted molar refractivity (Wildman–Crippen MR) is 106 cm³/mol. The van der Waals surface area contributed by atoms with E-state index in [0.717, 1.165) is 29.7 Å². The van der Waals surface area contributed by atoms with E-state index in [-0.39, 0.29) is 30.2 Å². The molecule has 26 heavy (non-hydrogen) atoms. The zero-order valence-corrected chi connectivity index (χ0v) is 15.8. The molecule has 2 aromatic rings. The first-order valence-electron chi connectivity index (χ1n) is 9.27. The summed E-state index contributed by atoms with van der Waals surface area (Å²) in [6.07, 6.45) is 1.73. The highest BCUT2D eigenvalue weighted by atomic mass is 16.2. The second-order valence-corrected chi connectivity index (χ2v) is 6.55. The van der Waals surface area contributed by atoms with Gasteiger partial charge in [0, 0.05) is 5.69 Å².